The Balaban J connectivity index is 1.64. The van der Waals surface area contributed by atoms with Crippen molar-refractivity contribution in [3.63, 3.8) is 0 Å². The van der Waals surface area contributed by atoms with Crippen LogP contribution in [0.4, 0.5) is 5.69 Å². The molecule has 5 heteroatoms. The van der Waals surface area contributed by atoms with Crippen LogP contribution >= 0.6 is 0 Å². The maximum absolute atomic E-state index is 12.7. The number of para-hydroxylation sites is 1. The number of carbonyl (C=O) groups excluding carboxylic acids is 2. The molecule has 5 nitrogen and oxygen atoms in total. The Hall–Kier alpha value is -1.88. The summed E-state index contributed by atoms with van der Waals surface area (Å²) in [5, 5.41) is 6.60. The summed E-state index contributed by atoms with van der Waals surface area (Å²) in [7, 11) is 0. The molecule has 2 heterocycles. The summed E-state index contributed by atoms with van der Waals surface area (Å²) in [5.74, 6) is 0.441. The van der Waals surface area contributed by atoms with Crippen LogP contribution in [0.5, 0.6) is 0 Å². The largest absolute Gasteiger partial charge is 0.339 e. The summed E-state index contributed by atoms with van der Waals surface area (Å²) in [4.78, 5) is 27.0. The highest BCUT2D eigenvalue weighted by Gasteiger charge is 2.34. The first-order chi connectivity index (χ1) is 12.1. The van der Waals surface area contributed by atoms with Crippen molar-refractivity contribution >= 4 is 17.5 Å². The van der Waals surface area contributed by atoms with Crippen LogP contribution in [0.3, 0.4) is 0 Å². The first-order valence-electron chi connectivity index (χ1n) is 9.54. The van der Waals surface area contributed by atoms with Gasteiger partial charge in [0.05, 0.1) is 11.3 Å². The van der Waals surface area contributed by atoms with Crippen LogP contribution in [-0.4, -0.2) is 41.9 Å². The maximum atomic E-state index is 12.7. The lowest BCUT2D eigenvalue weighted by Gasteiger charge is -2.28. The lowest BCUT2D eigenvalue weighted by molar-refractivity contribution is -0.117. The molecule has 2 amide bonds. The van der Waals surface area contributed by atoms with Gasteiger partial charge in [-0.1, -0.05) is 12.1 Å². The van der Waals surface area contributed by atoms with Crippen LogP contribution in [0, 0.1) is 5.92 Å². The van der Waals surface area contributed by atoms with Crippen molar-refractivity contribution in [1.29, 1.82) is 0 Å². The Morgan fingerprint density at radius 3 is 2.40 bits per heavy atom. The van der Waals surface area contributed by atoms with E-state index < -0.39 is 0 Å². The number of fused-ring (bicyclic) bond motifs is 2. The summed E-state index contributed by atoms with van der Waals surface area (Å²) < 4.78 is 0. The number of amides is 2. The molecule has 0 radical (unpaired) electrons. The van der Waals surface area contributed by atoms with Crippen LogP contribution < -0.4 is 10.6 Å². The molecule has 0 aliphatic carbocycles. The van der Waals surface area contributed by atoms with E-state index in [2.05, 4.69) is 10.6 Å². The van der Waals surface area contributed by atoms with Gasteiger partial charge in [0.15, 0.2) is 0 Å². The number of hydrogen-bond donors (Lipinski definition) is 2. The van der Waals surface area contributed by atoms with E-state index in [4.69, 9.17) is 0 Å². The van der Waals surface area contributed by atoms with Gasteiger partial charge in [0.2, 0.25) is 5.91 Å². The third-order valence-electron chi connectivity index (χ3n) is 5.53. The second-order valence-electron chi connectivity index (χ2n) is 7.25. The standard InChI is InChI=1S/C20H29N3O2/c1-3-23(4-2)20(25)17-7-5-6-8-18(17)22-19(24)13-14-11-15-9-10-16(12-14)21-15/h5-8,14-16,21H,3-4,9-13H2,1-2H3,(H,22,24). The van der Waals surface area contributed by atoms with Crippen LogP contribution in [0.15, 0.2) is 24.3 Å². The molecule has 0 aromatic heterocycles. The molecule has 2 aliphatic rings. The topological polar surface area (TPSA) is 61.4 Å². The third kappa shape index (κ3) is 4.21. The fourth-order valence-electron chi connectivity index (χ4n) is 4.26. The molecule has 2 bridgehead atoms. The van der Waals surface area contributed by atoms with E-state index in [0.717, 1.165) is 12.8 Å². The molecule has 2 unspecified atom stereocenters. The second-order valence-corrected chi connectivity index (χ2v) is 7.25. The molecule has 2 fully saturated rings. The lowest BCUT2D eigenvalue weighted by Crippen LogP contribution is -2.39. The number of piperidine rings is 1. The fourth-order valence-corrected chi connectivity index (χ4v) is 4.26. The van der Waals surface area contributed by atoms with Gasteiger partial charge in [0.25, 0.3) is 5.91 Å². The average molecular weight is 343 g/mol. The van der Waals surface area contributed by atoms with Crippen molar-refractivity contribution in [2.75, 3.05) is 18.4 Å². The number of nitrogens with zero attached hydrogens (tertiary/aromatic N) is 1. The molecule has 1 aromatic rings. The van der Waals surface area contributed by atoms with Gasteiger partial charge in [0.1, 0.15) is 0 Å². The second kappa shape index (κ2) is 8.00. The summed E-state index contributed by atoms with van der Waals surface area (Å²) in [5.41, 5.74) is 1.20. The first-order valence-corrected chi connectivity index (χ1v) is 9.54. The molecule has 0 spiro atoms. The number of anilines is 1. The molecule has 1 aromatic carbocycles. The van der Waals surface area contributed by atoms with E-state index in [9.17, 15) is 9.59 Å². The van der Waals surface area contributed by atoms with Crippen molar-refractivity contribution in [3.8, 4) is 0 Å². The molecule has 136 valence electrons. The molecule has 25 heavy (non-hydrogen) atoms. The SMILES string of the molecule is CCN(CC)C(=O)c1ccccc1NC(=O)CC1CC2CCC(C1)N2. The van der Waals surface area contributed by atoms with Gasteiger partial charge in [-0.25, -0.2) is 0 Å². The zero-order valence-corrected chi connectivity index (χ0v) is 15.3. The first kappa shape index (κ1) is 17.9. The Kier molecular flexibility index (Phi) is 5.74. The highest BCUT2D eigenvalue weighted by molar-refractivity contribution is 6.03. The normalized spacial score (nSPS) is 24.8. The lowest BCUT2D eigenvalue weighted by atomic mass is 9.89. The Bertz CT molecular complexity index is 615. The van der Waals surface area contributed by atoms with Crippen LogP contribution in [-0.2, 0) is 4.79 Å². The quantitative estimate of drug-likeness (QED) is 0.835. The van der Waals surface area contributed by atoms with Gasteiger partial charge in [-0.05, 0) is 57.6 Å². The summed E-state index contributed by atoms with van der Waals surface area (Å²) in [6.45, 7) is 5.26. The third-order valence-corrected chi connectivity index (χ3v) is 5.53. The van der Waals surface area contributed by atoms with Gasteiger partial charge in [-0.15, -0.1) is 0 Å². The van der Waals surface area contributed by atoms with Crippen molar-refractivity contribution < 1.29 is 9.59 Å². The summed E-state index contributed by atoms with van der Waals surface area (Å²) in [6.07, 6.45) is 5.20. The molecular formula is C20H29N3O2. The minimum absolute atomic E-state index is 0.0195. The average Bonchev–Trinajstić information content (AvgIpc) is 2.94. The van der Waals surface area contributed by atoms with Crippen molar-refractivity contribution in [2.45, 2.75) is 58.0 Å². The molecule has 3 rings (SSSR count). The van der Waals surface area contributed by atoms with Gasteiger partial charge in [-0.3, -0.25) is 9.59 Å². The summed E-state index contributed by atoms with van der Waals surface area (Å²) in [6, 6.07) is 8.50. The predicted molar refractivity (Wildman–Crippen MR) is 99.6 cm³/mol. The summed E-state index contributed by atoms with van der Waals surface area (Å²) >= 11 is 0. The van der Waals surface area contributed by atoms with E-state index in [0.29, 0.717) is 48.8 Å². The minimum Gasteiger partial charge on any atom is -0.339 e. The molecule has 2 N–H and O–H groups in total. The van der Waals surface area contributed by atoms with Gasteiger partial charge in [0, 0.05) is 31.6 Å². The van der Waals surface area contributed by atoms with E-state index >= 15 is 0 Å². The van der Waals surface area contributed by atoms with Gasteiger partial charge >= 0.3 is 0 Å². The molecule has 2 atom stereocenters. The highest BCUT2D eigenvalue weighted by atomic mass is 16.2. The van der Waals surface area contributed by atoms with E-state index in [1.807, 2.05) is 32.0 Å². The Morgan fingerprint density at radius 1 is 1.12 bits per heavy atom. The van der Waals surface area contributed by atoms with Crippen molar-refractivity contribution in [3.05, 3.63) is 29.8 Å². The molecular weight excluding hydrogens is 314 g/mol. The number of hydrogen-bond acceptors (Lipinski definition) is 3. The van der Waals surface area contributed by atoms with Crippen LogP contribution in [0.1, 0.15) is 56.3 Å². The molecule has 0 saturated carbocycles. The van der Waals surface area contributed by atoms with Gasteiger partial charge in [-0.2, -0.15) is 0 Å². The van der Waals surface area contributed by atoms with E-state index in [1.165, 1.54) is 12.8 Å². The van der Waals surface area contributed by atoms with Crippen molar-refractivity contribution in [2.24, 2.45) is 5.92 Å². The van der Waals surface area contributed by atoms with Gasteiger partial charge < -0.3 is 15.5 Å². The van der Waals surface area contributed by atoms with Crippen molar-refractivity contribution in [1.82, 2.24) is 10.2 Å². The Labute approximate surface area is 150 Å². The zero-order chi connectivity index (χ0) is 17.8. The number of benzene rings is 1. The Morgan fingerprint density at radius 2 is 1.76 bits per heavy atom. The fraction of sp³-hybridized carbons (Fsp3) is 0.600. The number of nitrogens with one attached hydrogen (secondary N) is 2. The molecule has 2 aliphatic heterocycles. The highest BCUT2D eigenvalue weighted by Crippen LogP contribution is 2.33. The number of rotatable bonds is 6. The number of carbonyl (C=O) groups is 2. The zero-order valence-electron chi connectivity index (χ0n) is 15.3. The monoisotopic (exact) mass is 343 g/mol. The van der Waals surface area contributed by atoms with Crippen LogP contribution in [0.2, 0.25) is 0 Å². The van der Waals surface area contributed by atoms with Crippen LogP contribution in [0.25, 0.3) is 0 Å². The predicted octanol–water partition coefficient (Wildman–Crippen LogP) is 3.03. The smallest absolute Gasteiger partial charge is 0.255 e. The van der Waals surface area contributed by atoms with E-state index in [-0.39, 0.29) is 11.8 Å². The maximum Gasteiger partial charge on any atom is 0.255 e. The molecule has 2 saturated heterocycles. The minimum atomic E-state index is -0.0270. The van der Waals surface area contributed by atoms with E-state index in [1.54, 1.807) is 11.0 Å².